The van der Waals surface area contributed by atoms with Crippen molar-refractivity contribution in [1.29, 1.82) is 5.26 Å². The lowest BCUT2D eigenvalue weighted by Crippen LogP contribution is -2.25. The van der Waals surface area contributed by atoms with Crippen LogP contribution in [0.5, 0.6) is 0 Å². The maximum Gasteiger partial charge on any atom is 0.346 e. The summed E-state index contributed by atoms with van der Waals surface area (Å²) >= 11 is 4.72. The molecule has 62 heavy (non-hydrogen) atoms. The molecule has 9 heteroatoms. The highest BCUT2D eigenvalue weighted by Gasteiger charge is 2.45. The molecule has 7 aromatic rings. The first kappa shape index (κ1) is 43.3. The minimum absolute atomic E-state index is 0.165. The fourth-order valence-electron chi connectivity index (χ4n) is 9.25. The van der Waals surface area contributed by atoms with Gasteiger partial charge in [0.2, 0.25) is 0 Å². The van der Waals surface area contributed by atoms with Crippen LogP contribution in [0, 0.1) is 11.3 Å². The van der Waals surface area contributed by atoms with Crippen LogP contribution in [0.4, 0.5) is 17.1 Å². The number of nitrogens with zero attached hydrogens (tertiary/aromatic N) is 4. The molecule has 4 aromatic carbocycles. The van der Waals surface area contributed by atoms with Gasteiger partial charge in [-0.1, -0.05) is 152 Å². The number of aliphatic carboxylic acids is 1. The minimum Gasteiger partial charge on any atom is -0.477 e. The average molecular weight is 875 g/mol. The number of carbonyl (C=O) groups is 1. The lowest BCUT2D eigenvalue weighted by molar-refractivity contribution is -0.132. The normalized spacial score (nSPS) is 13.0. The molecule has 3 heterocycles. The van der Waals surface area contributed by atoms with E-state index >= 15 is 0 Å². The first-order valence-electron chi connectivity index (χ1n) is 22.4. The highest BCUT2D eigenvalue weighted by molar-refractivity contribution is 7.24. The van der Waals surface area contributed by atoms with Gasteiger partial charge in [0.15, 0.2) is 0 Å². The molecule has 0 aliphatic heterocycles. The second-order valence-electron chi connectivity index (χ2n) is 16.5. The number of carboxylic acids is 1. The summed E-state index contributed by atoms with van der Waals surface area (Å²) < 4.78 is 9.84. The molecule has 1 aliphatic rings. The van der Waals surface area contributed by atoms with Crippen LogP contribution in [0.3, 0.4) is 0 Å². The standard InChI is InChI=1S/C53H54N4O2S3/c1-3-5-7-9-11-19-31-53(32-20-12-10-8-6-4-2)45-34-42(33-38(36-54)52(58)59)60-50(45)51-46(53)35-47(61-51)44-30-29-43(48-49(44)56-62-55-48)37-25-27-41(28-26-37)57(39-21-15-13-16-22-39)40-23-17-14-18-24-40/h13-18,21-30,33-35H,3-12,19-20,31-32H2,1-2H3,(H,58,59)/b38-33+. The summed E-state index contributed by atoms with van der Waals surface area (Å²) in [4.78, 5) is 18.7. The van der Waals surface area contributed by atoms with Gasteiger partial charge in [-0.3, -0.25) is 0 Å². The molecule has 0 amide bonds. The number of para-hydroxylation sites is 2. The van der Waals surface area contributed by atoms with Gasteiger partial charge in [-0.05, 0) is 84.1 Å². The zero-order chi connectivity index (χ0) is 42.9. The highest BCUT2D eigenvalue weighted by Crippen LogP contribution is 2.61. The number of hydrogen-bond acceptors (Lipinski definition) is 8. The summed E-state index contributed by atoms with van der Waals surface area (Å²) in [5, 5.41) is 19.4. The number of carboxylic acid groups (broad SMARTS) is 1. The number of benzene rings is 4. The zero-order valence-electron chi connectivity index (χ0n) is 35.7. The third kappa shape index (κ3) is 9.06. The van der Waals surface area contributed by atoms with Crippen LogP contribution in [0.1, 0.15) is 120 Å². The van der Waals surface area contributed by atoms with Gasteiger partial charge in [0.05, 0.1) is 11.7 Å². The van der Waals surface area contributed by atoms with Crippen molar-refractivity contribution in [3.8, 4) is 37.4 Å². The molecular weight excluding hydrogens is 821 g/mol. The van der Waals surface area contributed by atoms with Gasteiger partial charge in [0, 0.05) is 53.1 Å². The van der Waals surface area contributed by atoms with Crippen LogP contribution in [-0.2, 0) is 10.2 Å². The van der Waals surface area contributed by atoms with Gasteiger partial charge >= 0.3 is 5.97 Å². The van der Waals surface area contributed by atoms with E-state index in [2.05, 4.69) is 116 Å². The Bertz CT molecular complexity index is 2610. The van der Waals surface area contributed by atoms with E-state index in [1.165, 1.54) is 102 Å². The molecule has 0 bridgehead atoms. The molecule has 0 saturated heterocycles. The van der Waals surface area contributed by atoms with Crippen LogP contribution in [0.15, 0.2) is 115 Å². The Morgan fingerprint density at radius 2 is 1.18 bits per heavy atom. The van der Waals surface area contributed by atoms with E-state index < -0.39 is 5.97 Å². The number of hydrogen-bond donors (Lipinski definition) is 1. The quantitative estimate of drug-likeness (QED) is 0.0439. The zero-order valence-corrected chi connectivity index (χ0v) is 38.2. The number of rotatable bonds is 21. The number of nitriles is 1. The smallest absolute Gasteiger partial charge is 0.346 e. The molecule has 0 atom stereocenters. The van der Waals surface area contributed by atoms with Gasteiger partial charge in [-0.15, -0.1) is 22.7 Å². The maximum atomic E-state index is 11.9. The number of anilines is 3. The van der Waals surface area contributed by atoms with E-state index in [1.54, 1.807) is 17.4 Å². The van der Waals surface area contributed by atoms with Crippen LogP contribution < -0.4 is 4.90 Å². The molecule has 1 aliphatic carbocycles. The molecule has 1 N–H and O–H groups in total. The van der Waals surface area contributed by atoms with Crippen molar-refractivity contribution in [3.05, 3.63) is 131 Å². The second-order valence-corrected chi connectivity index (χ2v) is 19.2. The largest absolute Gasteiger partial charge is 0.477 e. The Labute approximate surface area is 378 Å². The fraction of sp³-hybridized carbons (Fsp3) is 0.321. The SMILES string of the molecule is CCCCCCCCC1(CCCCCCCC)c2cc(/C=C(\C#N)C(=O)O)sc2-c2sc(-c3ccc(-c4ccc(N(c5ccccc5)c5ccccc5)cc4)c4nsnc34)cc21. The maximum absolute atomic E-state index is 11.9. The third-order valence-corrected chi connectivity index (χ3v) is 15.4. The predicted octanol–water partition coefficient (Wildman–Crippen LogP) is 16.4. The Balaban J connectivity index is 1.16. The lowest BCUT2D eigenvalue weighted by Gasteiger charge is -2.31. The van der Waals surface area contributed by atoms with Crippen LogP contribution >= 0.6 is 34.4 Å². The molecule has 0 spiro atoms. The van der Waals surface area contributed by atoms with Crippen LogP contribution in [-0.4, -0.2) is 19.8 Å². The Kier molecular flexibility index (Phi) is 14.1. The first-order chi connectivity index (χ1) is 30.5. The number of aromatic nitrogens is 2. The number of unbranched alkanes of at least 4 members (excludes halogenated alkanes) is 10. The summed E-state index contributed by atoms with van der Waals surface area (Å²) in [7, 11) is 0. The van der Waals surface area contributed by atoms with Crippen molar-refractivity contribution in [2.24, 2.45) is 0 Å². The van der Waals surface area contributed by atoms with E-state index in [4.69, 9.17) is 8.75 Å². The van der Waals surface area contributed by atoms with Crippen molar-refractivity contribution in [2.75, 3.05) is 4.90 Å². The molecule has 0 radical (unpaired) electrons. The van der Waals surface area contributed by atoms with Crippen LogP contribution in [0.2, 0.25) is 0 Å². The molecule has 316 valence electrons. The molecule has 0 saturated carbocycles. The average Bonchev–Trinajstić information content (AvgIpc) is 4.10. The molecule has 0 fully saturated rings. The van der Waals surface area contributed by atoms with Gasteiger partial charge < -0.3 is 10.0 Å². The topological polar surface area (TPSA) is 90.1 Å². The third-order valence-electron chi connectivity index (χ3n) is 12.4. The van der Waals surface area contributed by atoms with E-state index in [0.717, 1.165) is 75.3 Å². The van der Waals surface area contributed by atoms with Crippen molar-refractivity contribution in [2.45, 2.75) is 109 Å². The molecule has 8 rings (SSSR count). The fourth-order valence-corrected chi connectivity index (χ4v) is 12.5. The first-order valence-corrected chi connectivity index (χ1v) is 24.7. The molecule has 3 aromatic heterocycles. The number of thiophene rings is 2. The van der Waals surface area contributed by atoms with E-state index in [1.807, 2.05) is 29.5 Å². The Morgan fingerprint density at radius 3 is 1.76 bits per heavy atom. The van der Waals surface area contributed by atoms with Gasteiger partial charge in [0.25, 0.3) is 0 Å². The predicted molar refractivity (Wildman–Crippen MR) is 262 cm³/mol. The second kappa shape index (κ2) is 20.2. The van der Waals surface area contributed by atoms with Gasteiger partial charge in [0.1, 0.15) is 22.7 Å². The van der Waals surface area contributed by atoms with Gasteiger partial charge in [-0.2, -0.15) is 14.0 Å². The molecule has 0 unspecified atom stereocenters. The van der Waals surface area contributed by atoms with Crippen LogP contribution in [0.25, 0.3) is 48.4 Å². The van der Waals surface area contributed by atoms with E-state index in [-0.39, 0.29) is 11.0 Å². The lowest BCUT2D eigenvalue weighted by atomic mass is 9.71. The van der Waals surface area contributed by atoms with Crippen molar-refractivity contribution in [3.63, 3.8) is 0 Å². The summed E-state index contributed by atoms with van der Waals surface area (Å²) in [5.74, 6) is -1.19. The van der Waals surface area contributed by atoms with E-state index in [0.29, 0.717) is 0 Å². The van der Waals surface area contributed by atoms with Crippen molar-refractivity contribution in [1.82, 2.24) is 8.75 Å². The van der Waals surface area contributed by atoms with Crippen molar-refractivity contribution < 1.29 is 9.90 Å². The van der Waals surface area contributed by atoms with E-state index in [9.17, 15) is 15.2 Å². The molecular formula is C53H54N4O2S3. The summed E-state index contributed by atoms with van der Waals surface area (Å²) in [6.07, 6.45) is 18.5. The Morgan fingerprint density at radius 1 is 0.661 bits per heavy atom. The number of fused-ring (bicyclic) bond motifs is 4. The minimum atomic E-state index is -1.19. The highest BCUT2D eigenvalue weighted by atomic mass is 32.1. The summed E-state index contributed by atoms with van der Waals surface area (Å²) in [6, 6.07) is 40.7. The Hall–Kier alpha value is -5.40. The summed E-state index contributed by atoms with van der Waals surface area (Å²) in [5.41, 5.74) is 10.7. The van der Waals surface area contributed by atoms with Gasteiger partial charge in [-0.25, -0.2) is 4.79 Å². The molecule has 6 nitrogen and oxygen atoms in total. The monoisotopic (exact) mass is 874 g/mol. The summed E-state index contributed by atoms with van der Waals surface area (Å²) in [6.45, 7) is 4.53. The van der Waals surface area contributed by atoms with Crippen molar-refractivity contribution >= 4 is 74.5 Å².